The average molecular weight is 601 g/mol. The molecule has 0 spiro atoms. The van der Waals surface area contributed by atoms with Gasteiger partial charge in [-0.05, 0) is 35.2 Å². The molecule has 1 atom stereocenters. The van der Waals surface area contributed by atoms with E-state index in [1.165, 1.54) is 4.90 Å². The largest absolute Gasteiger partial charge is 0.354 e. The maximum absolute atomic E-state index is 14.0. The highest BCUT2D eigenvalue weighted by atomic mass is 79.9. The van der Waals surface area contributed by atoms with Gasteiger partial charge in [-0.3, -0.25) is 13.9 Å². The Balaban J connectivity index is 2.02. The number of anilines is 1. The van der Waals surface area contributed by atoms with Crippen LogP contribution in [0.4, 0.5) is 5.69 Å². The van der Waals surface area contributed by atoms with Gasteiger partial charge in [0.05, 0.1) is 11.9 Å². The Morgan fingerprint density at radius 1 is 0.895 bits per heavy atom. The quantitative estimate of drug-likeness (QED) is 0.329. The smallest absolute Gasteiger partial charge is 0.244 e. The van der Waals surface area contributed by atoms with Crippen LogP contribution in [0.3, 0.4) is 0 Å². The maximum atomic E-state index is 14.0. The molecule has 0 heterocycles. The van der Waals surface area contributed by atoms with Crippen LogP contribution in [0.5, 0.6) is 0 Å². The van der Waals surface area contributed by atoms with Gasteiger partial charge < -0.3 is 10.2 Å². The van der Waals surface area contributed by atoms with Crippen molar-refractivity contribution < 1.29 is 18.0 Å². The number of amides is 2. The first kappa shape index (κ1) is 29.4. The summed E-state index contributed by atoms with van der Waals surface area (Å²) in [5.74, 6) is -0.521. The second kappa shape index (κ2) is 13.6. The first-order valence-corrected chi connectivity index (χ1v) is 15.1. The fraction of sp³-hybridized carbons (Fsp3) is 0.310. The highest BCUT2D eigenvalue weighted by molar-refractivity contribution is 9.10. The minimum atomic E-state index is -3.80. The van der Waals surface area contributed by atoms with Crippen molar-refractivity contribution in [3.63, 3.8) is 0 Å². The van der Waals surface area contributed by atoms with Crippen LogP contribution in [-0.2, 0) is 32.6 Å². The summed E-state index contributed by atoms with van der Waals surface area (Å²) < 4.78 is 27.3. The van der Waals surface area contributed by atoms with Crippen molar-refractivity contribution in [1.82, 2.24) is 10.2 Å². The third-order valence-electron chi connectivity index (χ3n) is 5.93. The Hall–Kier alpha value is -3.17. The van der Waals surface area contributed by atoms with E-state index in [0.717, 1.165) is 21.7 Å². The topological polar surface area (TPSA) is 86.8 Å². The number of sulfonamides is 1. The predicted molar refractivity (Wildman–Crippen MR) is 155 cm³/mol. The molecule has 0 aromatic heterocycles. The molecular weight excluding hydrogens is 566 g/mol. The van der Waals surface area contributed by atoms with Gasteiger partial charge in [-0.1, -0.05) is 96.5 Å². The molecule has 0 fully saturated rings. The molecule has 2 amide bonds. The number of benzene rings is 3. The molecule has 7 nitrogen and oxygen atoms in total. The van der Waals surface area contributed by atoms with E-state index in [4.69, 9.17) is 0 Å². The lowest BCUT2D eigenvalue weighted by Crippen LogP contribution is -2.53. The molecule has 3 aromatic rings. The third-order valence-corrected chi connectivity index (χ3v) is 7.56. The molecule has 202 valence electrons. The maximum Gasteiger partial charge on any atom is 0.244 e. The van der Waals surface area contributed by atoms with Crippen molar-refractivity contribution in [2.45, 2.75) is 32.9 Å². The standard InChI is InChI=1S/C29H34BrN3O4S/c1-22(2)19-31-29(35)27(17-23-11-6-4-7-12-23)32(20-24-13-8-5-9-14-24)28(34)21-33(38(3,36)37)26-16-10-15-25(30)18-26/h4-16,18,22,27H,17,19-21H2,1-3H3,(H,31,35)/t27-/m1/s1. The zero-order chi connectivity index (χ0) is 27.7. The molecule has 9 heteroatoms. The van der Waals surface area contributed by atoms with Gasteiger partial charge in [-0.2, -0.15) is 0 Å². The van der Waals surface area contributed by atoms with E-state index in [1.54, 1.807) is 24.3 Å². The second-order valence-electron chi connectivity index (χ2n) is 9.60. The van der Waals surface area contributed by atoms with Gasteiger partial charge in [0.25, 0.3) is 0 Å². The highest BCUT2D eigenvalue weighted by Gasteiger charge is 2.33. The Morgan fingerprint density at radius 3 is 2.05 bits per heavy atom. The van der Waals surface area contributed by atoms with E-state index in [0.29, 0.717) is 23.1 Å². The fourth-order valence-electron chi connectivity index (χ4n) is 4.00. The van der Waals surface area contributed by atoms with Crippen LogP contribution >= 0.6 is 15.9 Å². The van der Waals surface area contributed by atoms with Gasteiger partial charge in [0.2, 0.25) is 21.8 Å². The number of nitrogens with zero attached hydrogens (tertiary/aromatic N) is 2. The normalized spacial score (nSPS) is 12.1. The molecule has 0 saturated carbocycles. The van der Waals surface area contributed by atoms with E-state index in [2.05, 4.69) is 21.2 Å². The lowest BCUT2D eigenvalue weighted by Gasteiger charge is -2.33. The van der Waals surface area contributed by atoms with Crippen LogP contribution < -0.4 is 9.62 Å². The van der Waals surface area contributed by atoms with Gasteiger partial charge >= 0.3 is 0 Å². The highest BCUT2D eigenvalue weighted by Crippen LogP contribution is 2.23. The zero-order valence-corrected chi connectivity index (χ0v) is 24.3. The molecule has 3 aromatic carbocycles. The number of halogens is 1. The predicted octanol–water partition coefficient (Wildman–Crippen LogP) is 4.63. The van der Waals surface area contributed by atoms with Crippen LogP contribution in [0, 0.1) is 5.92 Å². The van der Waals surface area contributed by atoms with E-state index in [1.807, 2.05) is 74.5 Å². The molecule has 0 saturated heterocycles. The summed E-state index contributed by atoms with van der Waals surface area (Å²) in [5.41, 5.74) is 2.10. The molecule has 0 unspecified atom stereocenters. The Labute approximate surface area is 234 Å². The number of carbonyl (C=O) groups is 2. The van der Waals surface area contributed by atoms with Gasteiger partial charge in [-0.15, -0.1) is 0 Å². The summed E-state index contributed by atoms with van der Waals surface area (Å²) in [7, 11) is -3.80. The Morgan fingerprint density at radius 2 is 1.50 bits per heavy atom. The van der Waals surface area contributed by atoms with E-state index >= 15 is 0 Å². The SMILES string of the molecule is CC(C)CNC(=O)[C@@H](Cc1ccccc1)N(Cc1ccccc1)C(=O)CN(c1cccc(Br)c1)S(C)(=O)=O. The number of nitrogens with one attached hydrogen (secondary N) is 1. The summed E-state index contributed by atoms with van der Waals surface area (Å²) >= 11 is 3.38. The minimum absolute atomic E-state index is 0.155. The first-order chi connectivity index (χ1) is 18.0. The van der Waals surface area contributed by atoms with E-state index in [-0.39, 0.29) is 18.4 Å². The van der Waals surface area contributed by atoms with Crippen LogP contribution in [0.2, 0.25) is 0 Å². The van der Waals surface area contributed by atoms with E-state index in [9.17, 15) is 18.0 Å². The average Bonchev–Trinajstić information content (AvgIpc) is 2.88. The first-order valence-electron chi connectivity index (χ1n) is 12.4. The molecule has 0 aliphatic carbocycles. The van der Waals surface area contributed by atoms with Crippen molar-refractivity contribution in [3.8, 4) is 0 Å². The number of carbonyl (C=O) groups excluding carboxylic acids is 2. The monoisotopic (exact) mass is 599 g/mol. The lowest BCUT2D eigenvalue weighted by molar-refractivity contribution is -0.140. The van der Waals surface area contributed by atoms with Crippen molar-refractivity contribution in [1.29, 1.82) is 0 Å². The molecule has 38 heavy (non-hydrogen) atoms. The fourth-order valence-corrected chi connectivity index (χ4v) is 5.23. The summed E-state index contributed by atoms with van der Waals surface area (Å²) in [5, 5.41) is 2.98. The molecule has 0 radical (unpaired) electrons. The van der Waals surface area contributed by atoms with Crippen molar-refractivity contribution in [2.24, 2.45) is 5.92 Å². The van der Waals surface area contributed by atoms with Crippen LogP contribution in [0.1, 0.15) is 25.0 Å². The third kappa shape index (κ3) is 8.70. The van der Waals surface area contributed by atoms with Crippen molar-refractivity contribution >= 4 is 43.5 Å². The minimum Gasteiger partial charge on any atom is -0.354 e. The van der Waals surface area contributed by atoms with Crippen molar-refractivity contribution in [2.75, 3.05) is 23.7 Å². The molecular formula is C29H34BrN3O4S. The van der Waals surface area contributed by atoms with Gasteiger partial charge in [0.15, 0.2) is 0 Å². The number of hydrogen-bond acceptors (Lipinski definition) is 4. The van der Waals surface area contributed by atoms with Gasteiger partial charge in [0.1, 0.15) is 12.6 Å². The number of rotatable bonds is 12. The molecule has 1 N–H and O–H groups in total. The molecule has 0 bridgehead atoms. The molecule has 0 aliphatic heterocycles. The summed E-state index contributed by atoms with van der Waals surface area (Å²) in [6.07, 6.45) is 1.36. The molecule has 3 rings (SSSR count). The van der Waals surface area contributed by atoms with Crippen LogP contribution in [0.15, 0.2) is 89.4 Å². The summed E-state index contributed by atoms with van der Waals surface area (Å²) in [6.45, 7) is 4.18. The van der Waals surface area contributed by atoms with Crippen LogP contribution in [0.25, 0.3) is 0 Å². The summed E-state index contributed by atoms with van der Waals surface area (Å²) in [4.78, 5) is 29.0. The second-order valence-corrected chi connectivity index (χ2v) is 12.4. The van der Waals surface area contributed by atoms with Gasteiger partial charge in [0, 0.05) is 24.0 Å². The lowest BCUT2D eigenvalue weighted by atomic mass is 10.0. The summed E-state index contributed by atoms with van der Waals surface area (Å²) in [6, 6.07) is 24.8. The number of hydrogen-bond donors (Lipinski definition) is 1. The van der Waals surface area contributed by atoms with Crippen molar-refractivity contribution in [3.05, 3.63) is 101 Å². The molecule has 0 aliphatic rings. The zero-order valence-electron chi connectivity index (χ0n) is 21.9. The Bertz CT molecular complexity index is 1320. The van der Waals surface area contributed by atoms with Crippen LogP contribution in [-0.4, -0.2) is 50.5 Å². The van der Waals surface area contributed by atoms with E-state index < -0.39 is 28.5 Å². The Kier molecular flexibility index (Phi) is 10.5. The van der Waals surface area contributed by atoms with Gasteiger partial charge in [-0.25, -0.2) is 8.42 Å².